The van der Waals surface area contributed by atoms with Crippen LogP contribution in [0.5, 0.6) is 5.75 Å². The van der Waals surface area contributed by atoms with Crippen molar-refractivity contribution in [2.75, 3.05) is 20.2 Å². The SMILES string of the molecule is COc1ccn2c(=O)cc(C3CCCNC3)nc2c1. The molecule has 5 heteroatoms. The number of hydrogen-bond acceptors (Lipinski definition) is 4. The summed E-state index contributed by atoms with van der Waals surface area (Å²) in [5, 5.41) is 3.35. The Labute approximate surface area is 111 Å². The van der Waals surface area contributed by atoms with E-state index < -0.39 is 0 Å². The number of pyridine rings is 1. The zero-order valence-electron chi connectivity index (χ0n) is 10.9. The molecule has 1 N–H and O–H groups in total. The molecule has 0 bridgehead atoms. The van der Waals surface area contributed by atoms with Gasteiger partial charge in [-0.3, -0.25) is 9.20 Å². The van der Waals surface area contributed by atoms with Gasteiger partial charge in [-0.25, -0.2) is 4.98 Å². The van der Waals surface area contributed by atoms with Crippen LogP contribution in [0.1, 0.15) is 24.5 Å². The highest BCUT2D eigenvalue weighted by atomic mass is 16.5. The lowest BCUT2D eigenvalue weighted by Gasteiger charge is -2.22. The normalized spacial score (nSPS) is 19.5. The van der Waals surface area contributed by atoms with Crippen LogP contribution >= 0.6 is 0 Å². The maximum atomic E-state index is 12.1. The lowest BCUT2D eigenvalue weighted by Crippen LogP contribution is -2.30. The molecule has 1 saturated heterocycles. The largest absolute Gasteiger partial charge is 0.497 e. The summed E-state index contributed by atoms with van der Waals surface area (Å²) in [6.07, 6.45) is 3.91. The Bertz CT molecular complexity index is 645. The van der Waals surface area contributed by atoms with Gasteiger partial charge in [0.25, 0.3) is 5.56 Å². The molecule has 100 valence electrons. The molecular formula is C14H17N3O2. The van der Waals surface area contributed by atoms with Gasteiger partial charge in [0.2, 0.25) is 0 Å². The van der Waals surface area contributed by atoms with Gasteiger partial charge in [0.1, 0.15) is 11.4 Å². The van der Waals surface area contributed by atoms with E-state index in [4.69, 9.17) is 4.74 Å². The van der Waals surface area contributed by atoms with Crippen molar-refractivity contribution < 1.29 is 4.74 Å². The number of nitrogens with one attached hydrogen (secondary N) is 1. The molecule has 19 heavy (non-hydrogen) atoms. The van der Waals surface area contributed by atoms with Gasteiger partial charge in [-0.05, 0) is 25.5 Å². The van der Waals surface area contributed by atoms with Crippen molar-refractivity contribution in [3.8, 4) is 5.75 Å². The summed E-state index contributed by atoms with van der Waals surface area (Å²) in [7, 11) is 1.61. The van der Waals surface area contributed by atoms with Crippen LogP contribution in [-0.4, -0.2) is 29.6 Å². The van der Waals surface area contributed by atoms with E-state index in [9.17, 15) is 4.79 Å². The van der Waals surface area contributed by atoms with E-state index in [1.54, 1.807) is 35.9 Å². The smallest absolute Gasteiger partial charge is 0.258 e. The Kier molecular flexibility index (Phi) is 3.21. The lowest BCUT2D eigenvalue weighted by molar-refractivity contribution is 0.414. The molecule has 1 aliphatic rings. The minimum absolute atomic E-state index is 0.0340. The van der Waals surface area contributed by atoms with Gasteiger partial charge in [-0.15, -0.1) is 0 Å². The Morgan fingerprint density at radius 2 is 2.37 bits per heavy atom. The fourth-order valence-corrected chi connectivity index (χ4v) is 2.54. The summed E-state index contributed by atoms with van der Waals surface area (Å²) in [6, 6.07) is 5.20. The summed E-state index contributed by atoms with van der Waals surface area (Å²) >= 11 is 0. The third kappa shape index (κ3) is 2.33. The predicted octanol–water partition coefficient (Wildman–Crippen LogP) is 1.17. The van der Waals surface area contributed by atoms with Gasteiger partial charge in [0.15, 0.2) is 0 Å². The quantitative estimate of drug-likeness (QED) is 0.879. The van der Waals surface area contributed by atoms with E-state index in [0.717, 1.165) is 31.6 Å². The Morgan fingerprint density at radius 1 is 1.47 bits per heavy atom. The molecule has 0 amide bonds. The first-order chi connectivity index (χ1) is 9.28. The van der Waals surface area contributed by atoms with Crippen molar-refractivity contribution in [3.63, 3.8) is 0 Å². The fourth-order valence-electron chi connectivity index (χ4n) is 2.54. The van der Waals surface area contributed by atoms with E-state index in [1.807, 2.05) is 0 Å². The number of aromatic nitrogens is 2. The van der Waals surface area contributed by atoms with Crippen molar-refractivity contribution >= 4 is 5.65 Å². The molecule has 0 aromatic carbocycles. The van der Waals surface area contributed by atoms with Crippen molar-refractivity contribution in [2.45, 2.75) is 18.8 Å². The summed E-state index contributed by atoms with van der Waals surface area (Å²) in [6.45, 7) is 1.95. The molecule has 5 nitrogen and oxygen atoms in total. The summed E-state index contributed by atoms with van der Waals surface area (Å²) in [5.41, 5.74) is 1.49. The first-order valence-electron chi connectivity index (χ1n) is 6.56. The molecule has 1 aliphatic heterocycles. The lowest BCUT2D eigenvalue weighted by atomic mass is 9.96. The van der Waals surface area contributed by atoms with Gasteiger partial charge >= 0.3 is 0 Å². The number of ether oxygens (including phenoxy) is 1. The summed E-state index contributed by atoms with van der Waals surface area (Å²) in [5.74, 6) is 1.04. The zero-order chi connectivity index (χ0) is 13.2. The van der Waals surface area contributed by atoms with Crippen molar-refractivity contribution in [1.29, 1.82) is 0 Å². The second-order valence-electron chi connectivity index (χ2n) is 4.86. The molecule has 1 fully saturated rings. The highest BCUT2D eigenvalue weighted by molar-refractivity contribution is 5.44. The highest BCUT2D eigenvalue weighted by Crippen LogP contribution is 2.21. The predicted molar refractivity (Wildman–Crippen MR) is 72.9 cm³/mol. The maximum absolute atomic E-state index is 12.1. The van der Waals surface area contributed by atoms with Crippen molar-refractivity contribution in [2.24, 2.45) is 0 Å². The fraction of sp³-hybridized carbons (Fsp3) is 0.429. The van der Waals surface area contributed by atoms with E-state index in [-0.39, 0.29) is 5.56 Å². The van der Waals surface area contributed by atoms with Gasteiger partial charge < -0.3 is 10.1 Å². The van der Waals surface area contributed by atoms with Gasteiger partial charge in [0.05, 0.1) is 12.8 Å². The van der Waals surface area contributed by atoms with Crippen LogP contribution < -0.4 is 15.6 Å². The average molecular weight is 259 g/mol. The monoisotopic (exact) mass is 259 g/mol. The van der Waals surface area contributed by atoms with Crippen LogP contribution in [0.25, 0.3) is 5.65 Å². The van der Waals surface area contributed by atoms with E-state index in [0.29, 0.717) is 17.3 Å². The molecule has 1 atom stereocenters. The van der Waals surface area contributed by atoms with Gasteiger partial charge in [-0.1, -0.05) is 0 Å². The Balaban J connectivity index is 2.08. The molecule has 0 saturated carbocycles. The van der Waals surface area contributed by atoms with Crippen LogP contribution in [0, 0.1) is 0 Å². The van der Waals surface area contributed by atoms with E-state index in [2.05, 4.69) is 10.3 Å². The van der Waals surface area contributed by atoms with Crippen molar-refractivity contribution in [1.82, 2.24) is 14.7 Å². The second kappa shape index (κ2) is 5.01. The standard InChI is InChI=1S/C14H17N3O2/c1-19-11-4-6-17-13(7-11)16-12(8-14(17)18)10-3-2-5-15-9-10/h4,6-8,10,15H,2-3,5,9H2,1H3. The third-order valence-corrected chi connectivity index (χ3v) is 3.61. The minimum Gasteiger partial charge on any atom is -0.497 e. The van der Waals surface area contributed by atoms with Crippen LogP contribution in [0.3, 0.4) is 0 Å². The number of hydrogen-bond donors (Lipinski definition) is 1. The van der Waals surface area contributed by atoms with Crippen molar-refractivity contribution in [3.05, 3.63) is 40.4 Å². The second-order valence-corrected chi connectivity index (χ2v) is 4.86. The van der Waals surface area contributed by atoms with Gasteiger partial charge in [-0.2, -0.15) is 0 Å². The first kappa shape index (κ1) is 12.2. The van der Waals surface area contributed by atoms with E-state index in [1.165, 1.54) is 0 Å². The number of rotatable bonds is 2. The topological polar surface area (TPSA) is 55.6 Å². The number of piperidine rings is 1. The molecule has 2 aromatic heterocycles. The first-order valence-corrected chi connectivity index (χ1v) is 6.56. The molecule has 0 radical (unpaired) electrons. The van der Waals surface area contributed by atoms with Crippen LogP contribution in [-0.2, 0) is 0 Å². The average Bonchev–Trinajstić information content (AvgIpc) is 2.47. The molecule has 2 aromatic rings. The molecular weight excluding hydrogens is 242 g/mol. The molecule has 3 heterocycles. The summed E-state index contributed by atoms with van der Waals surface area (Å²) < 4.78 is 6.72. The highest BCUT2D eigenvalue weighted by Gasteiger charge is 2.17. The number of methoxy groups -OCH3 is 1. The van der Waals surface area contributed by atoms with Crippen LogP contribution in [0.15, 0.2) is 29.2 Å². The zero-order valence-corrected chi connectivity index (χ0v) is 10.9. The van der Waals surface area contributed by atoms with Crippen LogP contribution in [0.2, 0.25) is 0 Å². The number of fused-ring (bicyclic) bond motifs is 1. The third-order valence-electron chi connectivity index (χ3n) is 3.61. The van der Waals surface area contributed by atoms with Gasteiger partial charge in [0, 0.05) is 30.8 Å². The Hall–Kier alpha value is -1.88. The molecule has 0 spiro atoms. The van der Waals surface area contributed by atoms with E-state index >= 15 is 0 Å². The Morgan fingerprint density at radius 3 is 3.11 bits per heavy atom. The number of nitrogens with zero attached hydrogens (tertiary/aromatic N) is 2. The summed E-state index contributed by atoms with van der Waals surface area (Å²) in [4.78, 5) is 16.7. The van der Waals surface area contributed by atoms with Crippen LogP contribution in [0.4, 0.5) is 0 Å². The molecule has 0 aliphatic carbocycles. The minimum atomic E-state index is -0.0340. The molecule has 1 unspecified atom stereocenters. The molecule has 3 rings (SSSR count). The maximum Gasteiger partial charge on any atom is 0.258 e.